The van der Waals surface area contributed by atoms with Crippen LogP contribution in [0.2, 0.25) is 0 Å². The van der Waals surface area contributed by atoms with Crippen molar-refractivity contribution in [3.05, 3.63) is 18.0 Å². The van der Waals surface area contributed by atoms with Crippen LogP contribution < -0.4 is 5.32 Å². The van der Waals surface area contributed by atoms with Gasteiger partial charge in [0.15, 0.2) is 0 Å². The third kappa shape index (κ3) is 4.33. The minimum Gasteiger partial charge on any atom is -0.309 e. The van der Waals surface area contributed by atoms with Crippen molar-refractivity contribution in [3.63, 3.8) is 0 Å². The van der Waals surface area contributed by atoms with Gasteiger partial charge in [0.25, 0.3) is 0 Å². The van der Waals surface area contributed by atoms with Crippen LogP contribution in [0.1, 0.15) is 46.1 Å². The van der Waals surface area contributed by atoms with Crippen LogP contribution in [-0.4, -0.2) is 46.9 Å². The van der Waals surface area contributed by atoms with Gasteiger partial charge in [-0.1, -0.05) is 13.3 Å². The Morgan fingerprint density at radius 1 is 1.39 bits per heavy atom. The predicted molar refractivity (Wildman–Crippen MR) is 92.6 cm³/mol. The van der Waals surface area contributed by atoms with Crippen LogP contribution in [0.4, 0.5) is 0 Å². The number of hydrogen-bond donors (Lipinski definition) is 1. The van der Waals surface area contributed by atoms with Gasteiger partial charge in [0.2, 0.25) is 10.0 Å². The van der Waals surface area contributed by atoms with Crippen LogP contribution in [0.3, 0.4) is 0 Å². The molecule has 0 saturated carbocycles. The van der Waals surface area contributed by atoms with E-state index in [0.29, 0.717) is 25.0 Å². The number of rotatable bonds is 7. The van der Waals surface area contributed by atoms with Gasteiger partial charge < -0.3 is 5.32 Å². The minimum absolute atomic E-state index is 0.343. The lowest BCUT2D eigenvalue weighted by atomic mass is 9.91. The Morgan fingerprint density at radius 2 is 2.13 bits per heavy atom. The first-order chi connectivity index (χ1) is 10.9. The number of piperidine rings is 1. The Kier molecular flexibility index (Phi) is 6.22. The van der Waals surface area contributed by atoms with Gasteiger partial charge in [-0.3, -0.25) is 4.68 Å². The Morgan fingerprint density at radius 3 is 2.70 bits per heavy atom. The topological polar surface area (TPSA) is 67.2 Å². The highest BCUT2D eigenvalue weighted by atomic mass is 32.2. The predicted octanol–water partition coefficient (Wildman–Crippen LogP) is 1.83. The third-order valence-electron chi connectivity index (χ3n) is 4.76. The normalized spacial score (nSPS) is 23.5. The van der Waals surface area contributed by atoms with Crippen molar-refractivity contribution < 1.29 is 8.42 Å². The second-order valence-corrected chi connectivity index (χ2v) is 9.09. The summed E-state index contributed by atoms with van der Waals surface area (Å²) in [5, 5.41) is 7.55. The maximum atomic E-state index is 12.4. The van der Waals surface area contributed by atoms with E-state index in [1.807, 2.05) is 10.9 Å². The van der Waals surface area contributed by atoms with E-state index < -0.39 is 10.0 Å². The smallest absolute Gasteiger partial charge is 0.216 e. The fourth-order valence-electron chi connectivity index (χ4n) is 3.13. The summed E-state index contributed by atoms with van der Waals surface area (Å²) in [4.78, 5) is 0. The van der Waals surface area contributed by atoms with Gasteiger partial charge in [0.1, 0.15) is 0 Å². The Bertz CT molecular complexity index is 597. The summed E-state index contributed by atoms with van der Waals surface area (Å²) in [6.07, 6.45) is 5.81. The molecule has 0 bridgehead atoms. The Hall–Kier alpha value is -0.920. The molecule has 0 aliphatic carbocycles. The Balaban J connectivity index is 1.94. The van der Waals surface area contributed by atoms with Gasteiger partial charge in [-0.2, -0.15) is 5.10 Å². The zero-order chi connectivity index (χ0) is 17.0. The molecule has 0 aromatic carbocycles. The fourth-order valence-corrected chi connectivity index (χ4v) is 4.49. The van der Waals surface area contributed by atoms with Gasteiger partial charge in [0, 0.05) is 44.0 Å². The van der Waals surface area contributed by atoms with E-state index in [9.17, 15) is 8.42 Å². The average Bonchev–Trinajstić information content (AvgIpc) is 3.00. The van der Waals surface area contributed by atoms with E-state index >= 15 is 0 Å². The molecule has 0 spiro atoms. The molecular weight excluding hydrogens is 312 g/mol. The summed E-state index contributed by atoms with van der Waals surface area (Å²) < 4.78 is 28.3. The minimum atomic E-state index is -3.14. The molecule has 7 heteroatoms. The first-order valence-corrected chi connectivity index (χ1v) is 10.1. The quantitative estimate of drug-likeness (QED) is 0.821. The Labute approximate surface area is 140 Å². The lowest BCUT2D eigenvalue weighted by Crippen LogP contribution is -2.51. The molecule has 1 aliphatic rings. The third-order valence-corrected chi connectivity index (χ3v) is 7.00. The highest BCUT2D eigenvalue weighted by molar-refractivity contribution is 7.89. The summed E-state index contributed by atoms with van der Waals surface area (Å²) in [7, 11) is -3.14. The molecule has 132 valence electrons. The molecule has 2 unspecified atom stereocenters. The van der Waals surface area contributed by atoms with Crippen molar-refractivity contribution >= 4 is 10.0 Å². The molecule has 0 radical (unpaired) electrons. The second kappa shape index (κ2) is 7.77. The van der Waals surface area contributed by atoms with E-state index in [4.69, 9.17) is 0 Å². The standard InChI is InChI=1S/C16H30N4O2S/c1-5-15-12-20(23(21,22)13(3)4)8-7-16(15)17-9-14-10-18-19(6-2)11-14/h10-11,13,15-17H,5-9,12H2,1-4H3. The molecule has 0 amide bonds. The highest BCUT2D eigenvalue weighted by Crippen LogP contribution is 2.24. The lowest BCUT2D eigenvalue weighted by molar-refractivity contribution is 0.200. The molecule has 1 aromatic rings. The maximum absolute atomic E-state index is 12.4. The first kappa shape index (κ1) is 18.4. The number of nitrogens with zero attached hydrogens (tertiary/aromatic N) is 3. The van der Waals surface area contributed by atoms with Crippen LogP contribution in [0.15, 0.2) is 12.4 Å². The molecule has 1 fully saturated rings. The average molecular weight is 343 g/mol. The van der Waals surface area contributed by atoms with Crippen LogP contribution >= 0.6 is 0 Å². The summed E-state index contributed by atoms with van der Waals surface area (Å²) >= 11 is 0. The van der Waals surface area contributed by atoms with Crippen LogP contribution in [0.25, 0.3) is 0 Å². The van der Waals surface area contributed by atoms with E-state index in [0.717, 1.165) is 25.9 Å². The van der Waals surface area contributed by atoms with Gasteiger partial charge in [-0.15, -0.1) is 0 Å². The van der Waals surface area contributed by atoms with Crippen molar-refractivity contribution in [2.24, 2.45) is 5.92 Å². The highest BCUT2D eigenvalue weighted by Gasteiger charge is 2.34. The number of aryl methyl sites for hydroxylation is 1. The summed E-state index contributed by atoms with van der Waals surface area (Å²) in [5.41, 5.74) is 1.18. The van der Waals surface area contributed by atoms with Crippen LogP contribution in [0.5, 0.6) is 0 Å². The van der Waals surface area contributed by atoms with Crippen molar-refractivity contribution in [1.82, 2.24) is 19.4 Å². The fraction of sp³-hybridized carbons (Fsp3) is 0.812. The zero-order valence-corrected chi connectivity index (χ0v) is 15.5. The van der Waals surface area contributed by atoms with Crippen molar-refractivity contribution in [2.75, 3.05) is 13.1 Å². The van der Waals surface area contributed by atoms with E-state index in [1.54, 1.807) is 18.2 Å². The summed E-state index contributed by atoms with van der Waals surface area (Å²) in [6.45, 7) is 10.6. The molecule has 2 atom stereocenters. The van der Waals surface area contributed by atoms with Gasteiger partial charge >= 0.3 is 0 Å². The van der Waals surface area contributed by atoms with Gasteiger partial charge in [-0.25, -0.2) is 12.7 Å². The maximum Gasteiger partial charge on any atom is 0.216 e. The van der Waals surface area contributed by atoms with Gasteiger partial charge in [-0.05, 0) is 33.1 Å². The second-order valence-electron chi connectivity index (χ2n) is 6.60. The van der Waals surface area contributed by atoms with E-state index in [1.165, 1.54) is 5.56 Å². The monoisotopic (exact) mass is 342 g/mol. The van der Waals surface area contributed by atoms with Crippen molar-refractivity contribution in [1.29, 1.82) is 0 Å². The number of aromatic nitrogens is 2. The summed E-state index contributed by atoms with van der Waals surface area (Å²) in [5.74, 6) is 0.360. The molecule has 1 aliphatic heterocycles. The molecule has 23 heavy (non-hydrogen) atoms. The van der Waals surface area contributed by atoms with Gasteiger partial charge in [0.05, 0.1) is 11.4 Å². The largest absolute Gasteiger partial charge is 0.309 e. The molecule has 1 aromatic heterocycles. The molecule has 2 rings (SSSR count). The molecular formula is C16H30N4O2S. The molecule has 1 saturated heterocycles. The number of hydrogen-bond acceptors (Lipinski definition) is 4. The molecule has 1 N–H and O–H groups in total. The SMILES string of the molecule is CCC1CN(S(=O)(=O)C(C)C)CCC1NCc1cnn(CC)c1. The molecule has 2 heterocycles. The van der Waals surface area contributed by atoms with Crippen molar-refractivity contribution in [2.45, 2.75) is 64.9 Å². The van der Waals surface area contributed by atoms with E-state index in [2.05, 4.69) is 30.5 Å². The number of nitrogens with one attached hydrogen (secondary N) is 1. The van der Waals surface area contributed by atoms with E-state index in [-0.39, 0.29) is 5.25 Å². The first-order valence-electron chi connectivity index (χ1n) is 8.62. The lowest BCUT2D eigenvalue weighted by Gasteiger charge is -2.38. The van der Waals surface area contributed by atoms with Crippen molar-refractivity contribution in [3.8, 4) is 0 Å². The zero-order valence-electron chi connectivity index (χ0n) is 14.7. The van der Waals surface area contributed by atoms with Crippen LogP contribution in [0, 0.1) is 5.92 Å². The summed E-state index contributed by atoms with van der Waals surface area (Å²) in [6, 6.07) is 0.364. The number of sulfonamides is 1. The molecule has 6 nitrogen and oxygen atoms in total. The van der Waals surface area contributed by atoms with Crippen LogP contribution in [-0.2, 0) is 23.1 Å².